The molecule has 5 nitrogen and oxygen atoms in total. The number of nitrogens with zero attached hydrogens (tertiary/aromatic N) is 2. The topological polar surface area (TPSA) is 60.9 Å². The number of aliphatic hydroxyl groups excluding tert-OH is 1. The van der Waals surface area contributed by atoms with Crippen molar-refractivity contribution in [2.45, 2.75) is 40.7 Å². The minimum absolute atomic E-state index is 0.0902. The molecule has 1 aliphatic rings. The van der Waals surface area contributed by atoms with Crippen LogP contribution in [0.2, 0.25) is 0 Å². The standard InChI is InChI=1S/C26H32N2O3/c1-6-27(7-2)13-14-28-23(20-11-9-8-10-12-20)22(25(30)26(28)31)24(29)21-18(4)15-17(3)16-19(21)5/h8-12,15-16,23,29H,6-7,13-14H2,1-5H3. The molecule has 1 atom stereocenters. The van der Waals surface area contributed by atoms with Crippen LogP contribution in [0.4, 0.5) is 0 Å². The number of ketones is 1. The lowest BCUT2D eigenvalue weighted by Gasteiger charge is -2.28. The molecule has 0 aliphatic carbocycles. The highest BCUT2D eigenvalue weighted by atomic mass is 16.3. The van der Waals surface area contributed by atoms with Gasteiger partial charge in [-0.2, -0.15) is 0 Å². The molecule has 1 heterocycles. The summed E-state index contributed by atoms with van der Waals surface area (Å²) in [5.41, 5.74) is 4.49. The first-order valence-corrected chi connectivity index (χ1v) is 10.9. The van der Waals surface area contributed by atoms with Crippen LogP contribution < -0.4 is 0 Å². The van der Waals surface area contributed by atoms with Gasteiger partial charge in [0, 0.05) is 18.7 Å². The monoisotopic (exact) mass is 420 g/mol. The molecule has 0 aromatic heterocycles. The molecule has 0 radical (unpaired) electrons. The SMILES string of the molecule is CCN(CC)CCN1C(=O)C(=O)C(=C(O)c2c(C)cc(C)cc2C)C1c1ccccc1. The maximum absolute atomic E-state index is 13.2. The molecular weight excluding hydrogens is 388 g/mol. The lowest BCUT2D eigenvalue weighted by Crippen LogP contribution is -2.38. The van der Waals surface area contributed by atoms with E-state index in [4.69, 9.17) is 0 Å². The second kappa shape index (κ2) is 9.48. The van der Waals surface area contributed by atoms with Crippen LogP contribution in [0.3, 0.4) is 0 Å². The molecule has 1 unspecified atom stereocenters. The van der Waals surface area contributed by atoms with Gasteiger partial charge in [0.25, 0.3) is 11.7 Å². The minimum Gasteiger partial charge on any atom is -0.507 e. The molecule has 3 rings (SSSR count). The molecule has 2 aromatic rings. The number of amides is 1. The molecule has 1 aliphatic heterocycles. The number of hydrogen-bond acceptors (Lipinski definition) is 4. The van der Waals surface area contributed by atoms with Crippen molar-refractivity contribution in [1.82, 2.24) is 9.80 Å². The van der Waals surface area contributed by atoms with Crippen LogP contribution in [0.1, 0.15) is 47.7 Å². The fourth-order valence-corrected chi connectivity index (χ4v) is 4.57. The van der Waals surface area contributed by atoms with Gasteiger partial charge in [-0.3, -0.25) is 9.59 Å². The van der Waals surface area contributed by atoms with Crippen molar-refractivity contribution in [2.75, 3.05) is 26.2 Å². The van der Waals surface area contributed by atoms with Crippen LogP contribution in [-0.4, -0.2) is 52.8 Å². The maximum Gasteiger partial charge on any atom is 0.295 e. The molecule has 1 fully saturated rings. The molecule has 1 amide bonds. The van der Waals surface area contributed by atoms with Crippen molar-refractivity contribution >= 4 is 17.4 Å². The molecule has 1 N–H and O–H groups in total. The quantitative estimate of drug-likeness (QED) is 0.410. The zero-order chi connectivity index (χ0) is 22.7. The maximum atomic E-state index is 13.2. The van der Waals surface area contributed by atoms with Crippen molar-refractivity contribution in [2.24, 2.45) is 0 Å². The van der Waals surface area contributed by atoms with Gasteiger partial charge in [0.1, 0.15) is 5.76 Å². The summed E-state index contributed by atoms with van der Waals surface area (Å²) in [6.45, 7) is 12.8. The summed E-state index contributed by atoms with van der Waals surface area (Å²) in [7, 11) is 0. The van der Waals surface area contributed by atoms with Gasteiger partial charge in [-0.1, -0.05) is 61.9 Å². The zero-order valence-electron chi connectivity index (χ0n) is 19.1. The van der Waals surface area contributed by atoms with Crippen LogP contribution in [0.5, 0.6) is 0 Å². The number of carbonyl (C=O) groups excluding carboxylic acids is 2. The number of Topliss-reactive ketones (excluding diaryl/α,β-unsaturated/α-hetero) is 1. The van der Waals surface area contributed by atoms with E-state index in [1.165, 1.54) is 0 Å². The summed E-state index contributed by atoms with van der Waals surface area (Å²) < 4.78 is 0. The first-order chi connectivity index (χ1) is 14.8. The summed E-state index contributed by atoms with van der Waals surface area (Å²) in [5, 5.41) is 11.3. The van der Waals surface area contributed by atoms with Crippen molar-refractivity contribution in [3.05, 3.63) is 75.9 Å². The van der Waals surface area contributed by atoms with Gasteiger partial charge in [-0.25, -0.2) is 0 Å². The van der Waals surface area contributed by atoms with Gasteiger partial charge in [0.05, 0.1) is 11.6 Å². The summed E-state index contributed by atoms with van der Waals surface area (Å²) >= 11 is 0. The van der Waals surface area contributed by atoms with E-state index in [0.717, 1.165) is 35.3 Å². The molecule has 0 spiro atoms. The molecule has 5 heteroatoms. The Bertz CT molecular complexity index is 984. The Morgan fingerprint density at radius 1 is 1.00 bits per heavy atom. The molecule has 164 valence electrons. The third-order valence-electron chi connectivity index (χ3n) is 6.12. The highest BCUT2D eigenvalue weighted by Gasteiger charge is 2.46. The van der Waals surface area contributed by atoms with E-state index in [-0.39, 0.29) is 11.3 Å². The highest BCUT2D eigenvalue weighted by molar-refractivity contribution is 6.46. The number of benzene rings is 2. The fourth-order valence-electron chi connectivity index (χ4n) is 4.57. The second-order valence-corrected chi connectivity index (χ2v) is 8.20. The van der Waals surface area contributed by atoms with Gasteiger partial charge in [0.2, 0.25) is 0 Å². The number of likely N-dealkylation sites (N-methyl/N-ethyl adjacent to an activating group) is 1. The van der Waals surface area contributed by atoms with E-state index >= 15 is 0 Å². The lowest BCUT2D eigenvalue weighted by atomic mass is 9.91. The number of carbonyl (C=O) groups is 2. The molecule has 1 saturated heterocycles. The Labute approximate surface area is 185 Å². The number of aryl methyl sites for hydroxylation is 3. The van der Waals surface area contributed by atoms with Crippen LogP contribution in [0, 0.1) is 20.8 Å². The summed E-state index contributed by atoms with van der Waals surface area (Å²) in [5.74, 6) is -1.26. The van der Waals surface area contributed by atoms with Crippen molar-refractivity contribution < 1.29 is 14.7 Å². The highest BCUT2D eigenvalue weighted by Crippen LogP contribution is 2.40. The van der Waals surface area contributed by atoms with E-state index in [9.17, 15) is 14.7 Å². The van der Waals surface area contributed by atoms with Crippen molar-refractivity contribution in [3.63, 3.8) is 0 Å². The first kappa shape index (κ1) is 22.8. The van der Waals surface area contributed by atoms with Crippen molar-refractivity contribution in [1.29, 1.82) is 0 Å². The number of hydrogen-bond donors (Lipinski definition) is 1. The molecule has 0 bridgehead atoms. The molecular formula is C26H32N2O3. The Kier molecular flexibility index (Phi) is 6.96. The number of likely N-dealkylation sites (tertiary alicyclic amines) is 1. The number of rotatable bonds is 7. The van der Waals surface area contributed by atoms with E-state index in [2.05, 4.69) is 18.7 Å². The van der Waals surface area contributed by atoms with Crippen LogP contribution in [0.15, 0.2) is 48.0 Å². The van der Waals surface area contributed by atoms with Gasteiger partial charge in [-0.15, -0.1) is 0 Å². The Morgan fingerprint density at radius 3 is 2.13 bits per heavy atom. The van der Waals surface area contributed by atoms with E-state index in [0.29, 0.717) is 18.7 Å². The van der Waals surface area contributed by atoms with E-state index < -0.39 is 17.7 Å². The van der Waals surface area contributed by atoms with Gasteiger partial charge >= 0.3 is 0 Å². The van der Waals surface area contributed by atoms with Crippen molar-refractivity contribution in [3.8, 4) is 0 Å². The van der Waals surface area contributed by atoms with Crippen LogP contribution >= 0.6 is 0 Å². The van der Waals surface area contributed by atoms with Gasteiger partial charge in [0.15, 0.2) is 0 Å². The lowest BCUT2D eigenvalue weighted by molar-refractivity contribution is -0.140. The first-order valence-electron chi connectivity index (χ1n) is 10.9. The smallest absolute Gasteiger partial charge is 0.295 e. The molecule has 2 aromatic carbocycles. The third-order valence-corrected chi connectivity index (χ3v) is 6.12. The predicted octanol–water partition coefficient (Wildman–Crippen LogP) is 4.38. The van der Waals surface area contributed by atoms with E-state index in [1.807, 2.05) is 63.2 Å². The predicted molar refractivity (Wildman–Crippen MR) is 124 cm³/mol. The molecule has 31 heavy (non-hydrogen) atoms. The van der Waals surface area contributed by atoms with Gasteiger partial charge in [-0.05, 0) is 50.6 Å². The van der Waals surface area contributed by atoms with E-state index in [1.54, 1.807) is 4.90 Å². The van der Waals surface area contributed by atoms with Crippen LogP contribution in [0.25, 0.3) is 5.76 Å². The summed E-state index contributed by atoms with van der Waals surface area (Å²) in [4.78, 5) is 30.1. The average Bonchev–Trinajstić information content (AvgIpc) is 2.99. The summed E-state index contributed by atoms with van der Waals surface area (Å²) in [6.07, 6.45) is 0. The molecule has 0 saturated carbocycles. The average molecular weight is 421 g/mol. The fraction of sp³-hybridized carbons (Fsp3) is 0.385. The zero-order valence-corrected chi connectivity index (χ0v) is 19.1. The normalized spacial score (nSPS) is 18.3. The third kappa shape index (κ3) is 4.42. The Morgan fingerprint density at radius 2 is 1.58 bits per heavy atom. The van der Waals surface area contributed by atoms with Gasteiger partial charge < -0.3 is 14.9 Å². The number of aliphatic hydroxyl groups is 1. The Hall–Kier alpha value is -2.92. The Balaban J connectivity index is 2.15. The summed E-state index contributed by atoms with van der Waals surface area (Å²) in [6, 6.07) is 12.9. The second-order valence-electron chi connectivity index (χ2n) is 8.20. The van der Waals surface area contributed by atoms with Crippen LogP contribution in [-0.2, 0) is 9.59 Å². The minimum atomic E-state index is -0.620. The largest absolute Gasteiger partial charge is 0.507 e.